The number of carbonyl (C=O) groups is 1. The molecule has 0 bridgehead atoms. The van der Waals surface area contributed by atoms with E-state index in [9.17, 15) is 9.59 Å². The number of aromatic nitrogens is 2. The number of carbonyl (C=O) groups excluding carboxylic acids is 1. The Balaban J connectivity index is 1.92. The van der Waals surface area contributed by atoms with Gasteiger partial charge in [0.1, 0.15) is 0 Å². The van der Waals surface area contributed by atoms with Crippen LogP contribution in [0.1, 0.15) is 42.2 Å². The first kappa shape index (κ1) is 19.2. The number of rotatable bonds is 6. The molecule has 6 heteroatoms. The number of hydrogen-bond donors (Lipinski definition) is 0. The molecule has 3 rings (SSSR count). The standard InChI is InChI=1S/C21H22N2O3S/c1-4-14(2)23-19(24)17-7-5-6-8-18(17)22-21(23)27-13-15-9-11-16(12-10-15)20(25)26-3/h5-12,14H,4,13H2,1-3H3/t14-/m1/s1. The Kier molecular flexibility index (Phi) is 5.96. The molecule has 140 valence electrons. The third-order valence-corrected chi connectivity index (χ3v) is 5.57. The van der Waals surface area contributed by atoms with Gasteiger partial charge < -0.3 is 4.74 Å². The predicted molar refractivity (Wildman–Crippen MR) is 108 cm³/mol. The molecule has 2 aromatic carbocycles. The SMILES string of the molecule is CC[C@@H](C)n1c(SCc2ccc(C(=O)OC)cc2)nc2ccccc2c1=O. The Hall–Kier alpha value is -2.60. The van der Waals surface area contributed by atoms with Crippen LogP contribution >= 0.6 is 11.8 Å². The molecule has 0 aliphatic heterocycles. The Morgan fingerprint density at radius 3 is 2.56 bits per heavy atom. The van der Waals surface area contributed by atoms with Crippen LogP contribution in [0.4, 0.5) is 0 Å². The zero-order chi connectivity index (χ0) is 19.4. The van der Waals surface area contributed by atoms with E-state index in [1.165, 1.54) is 18.9 Å². The maximum atomic E-state index is 13.0. The van der Waals surface area contributed by atoms with Gasteiger partial charge in [-0.15, -0.1) is 0 Å². The number of nitrogens with zero attached hydrogens (tertiary/aromatic N) is 2. The van der Waals surface area contributed by atoms with Crippen LogP contribution in [0.25, 0.3) is 10.9 Å². The Bertz CT molecular complexity index is 1010. The first-order valence-corrected chi connectivity index (χ1v) is 9.85. The molecule has 1 atom stereocenters. The summed E-state index contributed by atoms with van der Waals surface area (Å²) in [5.41, 5.74) is 2.28. The van der Waals surface area contributed by atoms with Gasteiger partial charge in [-0.25, -0.2) is 9.78 Å². The van der Waals surface area contributed by atoms with Gasteiger partial charge in [-0.2, -0.15) is 0 Å². The molecule has 0 aliphatic rings. The molecule has 5 nitrogen and oxygen atoms in total. The molecule has 0 N–H and O–H groups in total. The van der Waals surface area contributed by atoms with Gasteiger partial charge in [0.15, 0.2) is 5.16 Å². The minimum Gasteiger partial charge on any atom is -0.465 e. The van der Waals surface area contributed by atoms with Crippen LogP contribution in [0.15, 0.2) is 58.5 Å². The van der Waals surface area contributed by atoms with E-state index in [2.05, 4.69) is 6.92 Å². The van der Waals surface area contributed by atoms with Gasteiger partial charge >= 0.3 is 5.97 Å². The molecular weight excluding hydrogens is 360 g/mol. The van der Waals surface area contributed by atoms with E-state index in [0.29, 0.717) is 27.4 Å². The third kappa shape index (κ3) is 4.06. The Morgan fingerprint density at radius 2 is 1.89 bits per heavy atom. The molecule has 0 saturated carbocycles. The number of esters is 1. The van der Waals surface area contributed by atoms with Gasteiger partial charge in [0.05, 0.1) is 23.6 Å². The van der Waals surface area contributed by atoms with E-state index in [-0.39, 0.29) is 17.6 Å². The zero-order valence-corrected chi connectivity index (χ0v) is 16.5. The molecule has 0 fully saturated rings. The monoisotopic (exact) mass is 382 g/mol. The summed E-state index contributed by atoms with van der Waals surface area (Å²) in [6.45, 7) is 4.10. The maximum Gasteiger partial charge on any atom is 0.337 e. The first-order chi connectivity index (χ1) is 13.0. The number of ether oxygens (including phenoxy) is 1. The van der Waals surface area contributed by atoms with Gasteiger partial charge in [0.2, 0.25) is 0 Å². The molecule has 1 aromatic heterocycles. The predicted octanol–water partition coefficient (Wildman–Crippen LogP) is 4.45. The van der Waals surface area contributed by atoms with E-state index in [1.54, 1.807) is 16.7 Å². The minimum atomic E-state index is -0.351. The largest absolute Gasteiger partial charge is 0.465 e. The van der Waals surface area contributed by atoms with Gasteiger partial charge in [-0.05, 0) is 43.2 Å². The van der Waals surface area contributed by atoms with Gasteiger partial charge in [0.25, 0.3) is 5.56 Å². The fourth-order valence-electron chi connectivity index (χ4n) is 2.80. The summed E-state index contributed by atoms with van der Waals surface area (Å²) in [5.74, 6) is 0.305. The first-order valence-electron chi connectivity index (χ1n) is 8.86. The van der Waals surface area contributed by atoms with Gasteiger partial charge in [-0.1, -0.05) is 43.0 Å². The lowest BCUT2D eigenvalue weighted by Gasteiger charge is -2.18. The summed E-state index contributed by atoms with van der Waals surface area (Å²) in [6, 6.07) is 14.8. The van der Waals surface area contributed by atoms with Crippen LogP contribution in [0.2, 0.25) is 0 Å². The number of benzene rings is 2. The van der Waals surface area contributed by atoms with Crippen molar-refractivity contribution in [1.82, 2.24) is 9.55 Å². The van der Waals surface area contributed by atoms with Crippen LogP contribution in [0, 0.1) is 0 Å². The number of hydrogen-bond acceptors (Lipinski definition) is 5. The van der Waals surface area contributed by atoms with Crippen LogP contribution in [-0.2, 0) is 10.5 Å². The highest BCUT2D eigenvalue weighted by Gasteiger charge is 2.15. The zero-order valence-electron chi connectivity index (χ0n) is 15.6. The van der Waals surface area contributed by atoms with E-state index >= 15 is 0 Å². The summed E-state index contributed by atoms with van der Waals surface area (Å²) in [7, 11) is 1.37. The highest BCUT2D eigenvalue weighted by Crippen LogP contribution is 2.25. The topological polar surface area (TPSA) is 61.2 Å². The van der Waals surface area contributed by atoms with Crippen molar-refractivity contribution >= 4 is 28.6 Å². The summed E-state index contributed by atoms with van der Waals surface area (Å²) in [5, 5.41) is 1.36. The van der Waals surface area contributed by atoms with E-state index in [4.69, 9.17) is 9.72 Å². The number of para-hydroxylation sites is 1. The lowest BCUT2D eigenvalue weighted by atomic mass is 10.1. The lowest BCUT2D eigenvalue weighted by molar-refractivity contribution is 0.0600. The second-order valence-electron chi connectivity index (χ2n) is 6.32. The highest BCUT2D eigenvalue weighted by molar-refractivity contribution is 7.98. The van der Waals surface area contributed by atoms with Crippen molar-refractivity contribution in [3.8, 4) is 0 Å². The molecule has 0 unspecified atom stereocenters. The Morgan fingerprint density at radius 1 is 1.19 bits per heavy atom. The quantitative estimate of drug-likeness (QED) is 0.358. The fraction of sp³-hybridized carbons (Fsp3) is 0.286. The van der Waals surface area contributed by atoms with Crippen molar-refractivity contribution in [2.24, 2.45) is 0 Å². The molecule has 1 heterocycles. The number of thioether (sulfide) groups is 1. The fourth-order valence-corrected chi connectivity index (χ4v) is 3.85. The molecule has 0 spiro atoms. The second-order valence-corrected chi connectivity index (χ2v) is 7.26. The molecular formula is C21H22N2O3S. The van der Waals surface area contributed by atoms with E-state index in [0.717, 1.165) is 12.0 Å². The third-order valence-electron chi connectivity index (χ3n) is 4.55. The average molecular weight is 382 g/mol. The van der Waals surface area contributed by atoms with Crippen molar-refractivity contribution in [1.29, 1.82) is 0 Å². The van der Waals surface area contributed by atoms with Crippen LogP contribution in [0.3, 0.4) is 0 Å². The molecule has 27 heavy (non-hydrogen) atoms. The number of methoxy groups -OCH3 is 1. The lowest BCUT2D eigenvalue weighted by Crippen LogP contribution is -2.26. The molecule has 3 aromatic rings. The van der Waals surface area contributed by atoms with Crippen LogP contribution < -0.4 is 5.56 Å². The van der Waals surface area contributed by atoms with Crippen molar-refractivity contribution in [3.63, 3.8) is 0 Å². The maximum absolute atomic E-state index is 13.0. The molecule has 0 saturated heterocycles. The summed E-state index contributed by atoms with van der Waals surface area (Å²) < 4.78 is 6.51. The van der Waals surface area contributed by atoms with E-state index < -0.39 is 0 Å². The van der Waals surface area contributed by atoms with Crippen LogP contribution in [-0.4, -0.2) is 22.6 Å². The van der Waals surface area contributed by atoms with E-state index in [1.807, 2.05) is 43.3 Å². The van der Waals surface area contributed by atoms with Gasteiger partial charge in [0, 0.05) is 11.8 Å². The van der Waals surface area contributed by atoms with Gasteiger partial charge in [-0.3, -0.25) is 9.36 Å². The molecule has 0 aliphatic carbocycles. The van der Waals surface area contributed by atoms with Crippen LogP contribution in [0.5, 0.6) is 0 Å². The van der Waals surface area contributed by atoms with Crippen molar-refractivity contribution in [3.05, 3.63) is 70.0 Å². The second kappa shape index (κ2) is 8.39. The van der Waals surface area contributed by atoms with Crippen molar-refractivity contribution in [2.45, 2.75) is 37.2 Å². The van der Waals surface area contributed by atoms with Crippen molar-refractivity contribution < 1.29 is 9.53 Å². The summed E-state index contributed by atoms with van der Waals surface area (Å²) >= 11 is 1.53. The average Bonchev–Trinajstić information content (AvgIpc) is 2.71. The summed E-state index contributed by atoms with van der Waals surface area (Å²) in [4.78, 5) is 29.2. The smallest absolute Gasteiger partial charge is 0.337 e. The highest BCUT2D eigenvalue weighted by atomic mass is 32.2. The minimum absolute atomic E-state index is 0.00140. The number of fused-ring (bicyclic) bond motifs is 1. The normalized spacial score (nSPS) is 12.1. The molecule has 0 amide bonds. The Labute approximate surface area is 162 Å². The summed E-state index contributed by atoms with van der Waals surface area (Å²) in [6.07, 6.45) is 0.849. The van der Waals surface area contributed by atoms with Crippen molar-refractivity contribution in [2.75, 3.05) is 7.11 Å². The molecule has 0 radical (unpaired) electrons.